The van der Waals surface area contributed by atoms with Gasteiger partial charge < -0.3 is 14.6 Å². The molecule has 2 unspecified atom stereocenters. The normalized spacial score (nSPS) is 48.6. The smallest absolute Gasteiger partial charge is 0.336 e. The SMILES string of the molecule is C[C@@H]1CC2C3C[C@H](F)C4=CC(=O)C=C[C@]4(C)[C@@]3(F)[C@@H](O)C[C@]2(C)[C@@]1(OC(=O)[C@H]1CCCO1)C(=O)SCF. The van der Waals surface area contributed by atoms with E-state index in [1.165, 1.54) is 19.1 Å². The van der Waals surface area contributed by atoms with E-state index in [4.69, 9.17) is 9.47 Å². The number of thioether (sulfide) groups is 1. The van der Waals surface area contributed by atoms with Crippen LogP contribution in [0.5, 0.6) is 0 Å². The number of hydrogen-bond donors (Lipinski definition) is 1. The molecular weight excluding hydrogens is 509 g/mol. The second-order valence-corrected chi connectivity index (χ2v) is 12.6. The molecule has 0 bridgehead atoms. The van der Waals surface area contributed by atoms with Crippen molar-refractivity contribution in [2.24, 2.45) is 28.6 Å². The van der Waals surface area contributed by atoms with E-state index in [0.29, 0.717) is 31.2 Å². The van der Waals surface area contributed by atoms with E-state index in [2.05, 4.69) is 0 Å². The molecule has 1 N–H and O–H groups in total. The molecule has 204 valence electrons. The van der Waals surface area contributed by atoms with Gasteiger partial charge in [0.15, 0.2) is 23.2 Å². The first-order valence-corrected chi connectivity index (χ1v) is 13.9. The summed E-state index contributed by atoms with van der Waals surface area (Å²) in [6, 6.07) is -1.04. The highest BCUT2D eigenvalue weighted by atomic mass is 32.2. The lowest BCUT2D eigenvalue weighted by atomic mass is 9.44. The fraction of sp³-hybridized carbons (Fsp3) is 0.741. The van der Waals surface area contributed by atoms with Gasteiger partial charge >= 0.3 is 5.97 Å². The molecule has 5 aliphatic rings. The van der Waals surface area contributed by atoms with Crippen LogP contribution in [0.1, 0.15) is 52.9 Å². The summed E-state index contributed by atoms with van der Waals surface area (Å²) in [6.07, 6.45) is 0.288. The molecule has 4 fully saturated rings. The zero-order valence-corrected chi connectivity index (χ0v) is 22.0. The minimum Gasteiger partial charge on any atom is -0.447 e. The zero-order valence-electron chi connectivity index (χ0n) is 21.2. The van der Waals surface area contributed by atoms with Crippen molar-refractivity contribution in [3.8, 4) is 0 Å². The number of allylic oxidation sites excluding steroid dienone is 4. The zero-order chi connectivity index (χ0) is 27.0. The fourth-order valence-corrected chi connectivity index (χ4v) is 9.15. The third-order valence-corrected chi connectivity index (χ3v) is 10.8. The first kappa shape index (κ1) is 26.9. The van der Waals surface area contributed by atoms with E-state index in [-0.39, 0.29) is 24.8 Å². The van der Waals surface area contributed by atoms with Crippen molar-refractivity contribution < 1.29 is 42.1 Å². The minimum absolute atomic E-state index is 0.00702. The van der Waals surface area contributed by atoms with Gasteiger partial charge in [-0.15, -0.1) is 0 Å². The molecule has 0 aromatic rings. The number of aliphatic hydroxyl groups is 1. The second-order valence-electron chi connectivity index (χ2n) is 11.7. The Labute approximate surface area is 218 Å². The van der Waals surface area contributed by atoms with Crippen LogP contribution in [0.25, 0.3) is 0 Å². The maximum absolute atomic E-state index is 17.4. The van der Waals surface area contributed by atoms with Crippen LogP contribution in [0.3, 0.4) is 0 Å². The summed E-state index contributed by atoms with van der Waals surface area (Å²) in [4.78, 5) is 38.8. The summed E-state index contributed by atoms with van der Waals surface area (Å²) in [6.45, 7) is 5.25. The van der Waals surface area contributed by atoms with Crippen molar-refractivity contribution in [3.05, 3.63) is 23.8 Å². The van der Waals surface area contributed by atoms with Gasteiger partial charge in [0.25, 0.3) is 0 Å². The van der Waals surface area contributed by atoms with Gasteiger partial charge in [-0.05, 0) is 74.4 Å². The van der Waals surface area contributed by atoms with E-state index in [0.717, 1.165) is 6.08 Å². The predicted octanol–water partition coefficient (Wildman–Crippen LogP) is 4.20. The largest absolute Gasteiger partial charge is 0.447 e. The molecule has 3 saturated carbocycles. The van der Waals surface area contributed by atoms with Gasteiger partial charge in [-0.25, -0.2) is 18.0 Å². The van der Waals surface area contributed by atoms with Crippen LogP contribution < -0.4 is 0 Å². The number of ether oxygens (including phenoxy) is 2. The van der Waals surface area contributed by atoms with Gasteiger partial charge in [-0.2, -0.15) is 0 Å². The van der Waals surface area contributed by atoms with Crippen LogP contribution in [-0.2, 0) is 23.9 Å². The molecule has 6 nitrogen and oxygen atoms in total. The molecule has 1 heterocycles. The van der Waals surface area contributed by atoms with Crippen molar-refractivity contribution >= 4 is 28.6 Å². The van der Waals surface area contributed by atoms with Crippen LogP contribution in [0.15, 0.2) is 23.8 Å². The molecular formula is C27H33F3O6S. The Morgan fingerprint density at radius 1 is 1.27 bits per heavy atom. The van der Waals surface area contributed by atoms with Gasteiger partial charge in [0, 0.05) is 29.3 Å². The highest BCUT2D eigenvalue weighted by molar-refractivity contribution is 8.13. The van der Waals surface area contributed by atoms with E-state index in [9.17, 15) is 23.9 Å². The second kappa shape index (κ2) is 8.95. The third kappa shape index (κ3) is 3.43. The molecule has 37 heavy (non-hydrogen) atoms. The standard InChI is InChI=1S/C27H33F3O6S/c1-14-9-16-17-11-19(29)18-10-15(31)6-7-24(18,2)26(17,30)21(32)12-25(16,3)27(14,23(34)37-13-28)36-22(33)20-5-4-8-35-20/h6-7,10,14,16-17,19-21,32H,4-5,8-9,11-13H2,1-3H3/t14-,16?,17?,19+,20-,21+,24+,25+,26+,27+/m1/s1. The summed E-state index contributed by atoms with van der Waals surface area (Å²) < 4.78 is 58.0. The number of fused-ring (bicyclic) bond motifs is 5. The lowest BCUT2D eigenvalue weighted by Crippen LogP contribution is -2.70. The number of halogens is 3. The summed E-state index contributed by atoms with van der Waals surface area (Å²) in [5.41, 5.74) is -7.02. The Morgan fingerprint density at radius 3 is 2.65 bits per heavy atom. The Hall–Kier alpha value is -1.65. The molecule has 0 spiro atoms. The molecule has 0 aromatic carbocycles. The van der Waals surface area contributed by atoms with Gasteiger partial charge in [0.2, 0.25) is 5.12 Å². The number of hydrogen-bond acceptors (Lipinski definition) is 7. The number of rotatable bonds is 4. The number of alkyl halides is 3. The number of carbonyl (C=O) groups is 3. The maximum Gasteiger partial charge on any atom is 0.336 e. The molecule has 1 saturated heterocycles. The molecule has 4 aliphatic carbocycles. The average molecular weight is 543 g/mol. The number of esters is 1. The molecule has 0 aromatic heterocycles. The molecule has 5 rings (SSSR count). The third-order valence-electron chi connectivity index (χ3n) is 10.1. The first-order chi connectivity index (χ1) is 17.4. The van der Waals surface area contributed by atoms with Crippen molar-refractivity contribution in [2.45, 2.75) is 82.5 Å². The lowest BCUT2D eigenvalue weighted by Gasteiger charge is -2.63. The number of aliphatic hydroxyl groups excluding tert-OH is 1. The van der Waals surface area contributed by atoms with E-state index in [1.807, 2.05) is 0 Å². The summed E-state index contributed by atoms with van der Waals surface area (Å²) >= 11 is 0.387. The summed E-state index contributed by atoms with van der Waals surface area (Å²) in [5, 5.41) is 10.8. The summed E-state index contributed by atoms with van der Waals surface area (Å²) in [7, 11) is 0. The van der Waals surface area contributed by atoms with E-state index < -0.39 is 81.1 Å². The maximum atomic E-state index is 17.4. The van der Waals surface area contributed by atoms with E-state index in [1.54, 1.807) is 13.8 Å². The quantitative estimate of drug-likeness (QED) is 0.533. The van der Waals surface area contributed by atoms with Crippen LogP contribution >= 0.6 is 11.8 Å². The minimum atomic E-state index is -2.33. The Morgan fingerprint density at radius 2 is 2.00 bits per heavy atom. The number of carbonyl (C=O) groups excluding carboxylic acids is 3. The van der Waals surface area contributed by atoms with Gasteiger partial charge in [0.1, 0.15) is 12.2 Å². The topological polar surface area (TPSA) is 89.9 Å². The molecule has 10 atom stereocenters. The highest BCUT2D eigenvalue weighted by Gasteiger charge is 2.78. The van der Waals surface area contributed by atoms with Crippen molar-refractivity contribution in [1.82, 2.24) is 0 Å². The predicted molar refractivity (Wildman–Crippen MR) is 130 cm³/mol. The van der Waals surface area contributed by atoms with Crippen LogP contribution in [0.2, 0.25) is 0 Å². The van der Waals surface area contributed by atoms with Gasteiger partial charge in [-0.1, -0.05) is 19.9 Å². The Balaban J connectivity index is 1.61. The lowest BCUT2D eigenvalue weighted by molar-refractivity contribution is -0.231. The Bertz CT molecular complexity index is 1070. The van der Waals surface area contributed by atoms with Crippen molar-refractivity contribution in [3.63, 3.8) is 0 Å². The van der Waals surface area contributed by atoms with Gasteiger partial charge in [0.05, 0.1) is 6.10 Å². The van der Waals surface area contributed by atoms with Crippen molar-refractivity contribution in [1.29, 1.82) is 0 Å². The van der Waals surface area contributed by atoms with Gasteiger partial charge in [-0.3, -0.25) is 9.59 Å². The van der Waals surface area contributed by atoms with E-state index >= 15 is 8.78 Å². The van der Waals surface area contributed by atoms with Crippen LogP contribution in [-0.4, -0.2) is 64.2 Å². The van der Waals surface area contributed by atoms with Crippen LogP contribution in [0.4, 0.5) is 13.2 Å². The first-order valence-electron chi connectivity index (χ1n) is 12.9. The fourth-order valence-electron chi connectivity index (χ4n) is 8.36. The monoisotopic (exact) mass is 542 g/mol. The molecule has 10 heteroatoms. The molecule has 1 aliphatic heterocycles. The molecule has 0 amide bonds. The Kier molecular flexibility index (Phi) is 6.51. The molecule has 0 radical (unpaired) electrons. The average Bonchev–Trinajstić information content (AvgIpc) is 3.45. The summed E-state index contributed by atoms with van der Waals surface area (Å²) in [5.74, 6) is -3.50. The number of ketones is 1. The highest BCUT2D eigenvalue weighted by Crippen LogP contribution is 2.72. The van der Waals surface area contributed by atoms with Crippen LogP contribution in [0, 0.1) is 28.6 Å². The van der Waals surface area contributed by atoms with Crippen molar-refractivity contribution in [2.75, 3.05) is 12.6 Å².